The summed E-state index contributed by atoms with van der Waals surface area (Å²) in [5.74, 6) is 0.112. The van der Waals surface area contributed by atoms with E-state index in [1.54, 1.807) is 19.1 Å². The number of amides is 1. The average molecular weight is 349 g/mol. The molecule has 7 heteroatoms. The molecule has 0 aliphatic heterocycles. The van der Waals surface area contributed by atoms with E-state index in [1.807, 2.05) is 7.05 Å². The fraction of sp³-hybridized carbons (Fsp3) is 0.611. The Labute approximate surface area is 148 Å². The third-order valence-corrected chi connectivity index (χ3v) is 4.91. The van der Waals surface area contributed by atoms with Gasteiger partial charge in [0.2, 0.25) is 5.91 Å². The lowest BCUT2D eigenvalue weighted by atomic mass is 9.86. The zero-order valence-electron chi connectivity index (χ0n) is 14.9. The molecule has 2 atom stereocenters. The molecule has 0 spiro atoms. The molecular weight excluding hydrogens is 322 g/mol. The van der Waals surface area contributed by atoms with E-state index in [2.05, 4.69) is 10.2 Å². The van der Waals surface area contributed by atoms with Gasteiger partial charge < -0.3 is 15.3 Å². The van der Waals surface area contributed by atoms with Gasteiger partial charge in [-0.25, -0.2) is 0 Å². The summed E-state index contributed by atoms with van der Waals surface area (Å²) < 4.78 is 0. The number of nitrogens with one attached hydrogen (secondary N) is 1. The molecule has 2 N–H and O–H groups in total. The minimum atomic E-state index is -0.450. The van der Waals surface area contributed by atoms with Crippen molar-refractivity contribution in [1.29, 1.82) is 0 Å². The van der Waals surface area contributed by atoms with Crippen LogP contribution in [0.1, 0.15) is 37.7 Å². The molecule has 1 saturated carbocycles. The number of aliphatic hydroxyl groups is 1. The number of rotatable bonds is 7. The van der Waals surface area contributed by atoms with E-state index < -0.39 is 4.92 Å². The number of nitro benzene ring substituents is 1. The van der Waals surface area contributed by atoms with E-state index in [1.165, 1.54) is 6.07 Å². The number of hydrogen-bond acceptors (Lipinski definition) is 5. The number of anilines is 1. The summed E-state index contributed by atoms with van der Waals surface area (Å²) in [6.07, 6.45) is 4.21. The molecule has 1 fully saturated rings. The Bertz CT molecular complexity index is 620. The lowest BCUT2D eigenvalue weighted by Gasteiger charge is -2.31. The Morgan fingerprint density at radius 2 is 2.12 bits per heavy atom. The lowest BCUT2D eigenvalue weighted by Crippen LogP contribution is -2.36. The summed E-state index contributed by atoms with van der Waals surface area (Å²) in [4.78, 5) is 24.7. The largest absolute Gasteiger partial charge is 0.393 e. The SMILES string of the molecule is Cc1c(NC(=O)CCN(C)CC2CCCCC2O)cccc1[N+](=O)[O-]. The van der Waals surface area contributed by atoms with Crippen molar-refractivity contribution in [1.82, 2.24) is 4.90 Å². The number of carbonyl (C=O) groups is 1. The molecule has 0 radical (unpaired) electrons. The second-order valence-corrected chi connectivity index (χ2v) is 6.88. The molecule has 0 heterocycles. The molecule has 2 rings (SSSR count). The highest BCUT2D eigenvalue weighted by molar-refractivity contribution is 5.92. The maximum absolute atomic E-state index is 12.1. The topological polar surface area (TPSA) is 95.7 Å². The Kier molecular flexibility index (Phi) is 6.90. The van der Waals surface area contributed by atoms with Crippen LogP contribution in [0.2, 0.25) is 0 Å². The summed E-state index contributed by atoms with van der Waals surface area (Å²) in [6.45, 7) is 3.00. The molecule has 25 heavy (non-hydrogen) atoms. The third kappa shape index (κ3) is 5.51. The van der Waals surface area contributed by atoms with Gasteiger partial charge in [-0.3, -0.25) is 14.9 Å². The van der Waals surface area contributed by atoms with Gasteiger partial charge in [0.1, 0.15) is 0 Å². The first-order chi connectivity index (χ1) is 11.9. The van der Waals surface area contributed by atoms with Crippen LogP contribution < -0.4 is 5.32 Å². The van der Waals surface area contributed by atoms with Crippen molar-refractivity contribution in [3.8, 4) is 0 Å². The van der Waals surface area contributed by atoms with Crippen LogP contribution >= 0.6 is 0 Å². The Morgan fingerprint density at radius 1 is 1.40 bits per heavy atom. The third-order valence-electron chi connectivity index (χ3n) is 4.91. The van der Waals surface area contributed by atoms with E-state index in [4.69, 9.17) is 0 Å². The van der Waals surface area contributed by atoms with Gasteiger partial charge in [-0.2, -0.15) is 0 Å². The van der Waals surface area contributed by atoms with Crippen molar-refractivity contribution in [3.05, 3.63) is 33.9 Å². The second kappa shape index (κ2) is 8.92. The number of benzene rings is 1. The van der Waals surface area contributed by atoms with Crippen LogP contribution in [-0.2, 0) is 4.79 Å². The number of carbonyl (C=O) groups excluding carboxylic acids is 1. The lowest BCUT2D eigenvalue weighted by molar-refractivity contribution is -0.385. The first-order valence-corrected chi connectivity index (χ1v) is 8.79. The predicted molar refractivity (Wildman–Crippen MR) is 96.5 cm³/mol. The minimum Gasteiger partial charge on any atom is -0.393 e. The molecule has 1 aromatic rings. The zero-order chi connectivity index (χ0) is 18.4. The number of nitro groups is 1. The van der Waals surface area contributed by atoms with E-state index in [0.717, 1.165) is 32.2 Å². The fourth-order valence-electron chi connectivity index (χ4n) is 3.35. The highest BCUT2D eigenvalue weighted by Crippen LogP contribution is 2.26. The fourth-order valence-corrected chi connectivity index (χ4v) is 3.35. The second-order valence-electron chi connectivity index (χ2n) is 6.88. The molecular formula is C18H27N3O4. The number of nitrogens with zero attached hydrogens (tertiary/aromatic N) is 2. The van der Waals surface area contributed by atoms with Gasteiger partial charge >= 0.3 is 0 Å². The van der Waals surface area contributed by atoms with Crippen molar-refractivity contribution >= 4 is 17.3 Å². The molecule has 0 aromatic heterocycles. The van der Waals surface area contributed by atoms with Crippen LogP contribution in [-0.4, -0.2) is 47.1 Å². The van der Waals surface area contributed by atoms with E-state index in [-0.39, 0.29) is 23.6 Å². The van der Waals surface area contributed by atoms with Gasteiger partial charge in [-0.15, -0.1) is 0 Å². The maximum Gasteiger partial charge on any atom is 0.274 e. The highest BCUT2D eigenvalue weighted by atomic mass is 16.6. The first-order valence-electron chi connectivity index (χ1n) is 8.79. The Morgan fingerprint density at radius 3 is 2.80 bits per heavy atom. The van der Waals surface area contributed by atoms with Crippen LogP contribution in [0.3, 0.4) is 0 Å². The van der Waals surface area contributed by atoms with Crippen LogP contribution in [0.5, 0.6) is 0 Å². The van der Waals surface area contributed by atoms with Gasteiger partial charge in [-0.05, 0) is 38.8 Å². The van der Waals surface area contributed by atoms with Crippen molar-refractivity contribution in [2.75, 3.05) is 25.5 Å². The van der Waals surface area contributed by atoms with Gasteiger partial charge in [0.25, 0.3) is 5.69 Å². The van der Waals surface area contributed by atoms with Gasteiger partial charge in [-0.1, -0.05) is 18.9 Å². The van der Waals surface area contributed by atoms with E-state index in [9.17, 15) is 20.0 Å². The van der Waals surface area contributed by atoms with Crippen molar-refractivity contribution in [2.24, 2.45) is 5.92 Å². The van der Waals surface area contributed by atoms with Gasteiger partial charge in [0, 0.05) is 25.6 Å². The molecule has 138 valence electrons. The summed E-state index contributed by atoms with van der Waals surface area (Å²) in [6, 6.07) is 4.66. The molecule has 1 amide bonds. The van der Waals surface area contributed by atoms with Crippen LogP contribution in [0.15, 0.2) is 18.2 Å². The van der Waals surface area contributed by atoms with Crippen LogP contribution in [0.25, 0.3) is 0 Å². The standard InChI is InChI=1S/C18H27N3O4/c1-13-15(7-5-8-16(13)21(24)25)19-18(23)10-11-20(2)12-14-6-3-4-9-17(14)22/h5,7-8,14,17,22H,3-4,6,9-12H2,1-2H3,(H,19,23). The highest BCUT2D eigenvalue weighted by Gasteiger charge is 2.24. The smallest absolute Gasteiger partial charge is 0.274 e. The van der Waals surface area contributed by atoms with Crippen LogP contribution in [0.4, 0.5) is 11.4 Å². The monoisotopic (exact) mass is 349 g/mol. The summed E-state index contributed by atoms with van der Waals surface area (Å²) >= 11 is 0. The predicted octanol–water partition coefficient (Wildman–Crippen LogP) is 2.71. The molecule has 1 aliphatic carbocycles. The molecule has 1 aromatic carbocycles. The maximum atomic E-state index is 12.1. The van der Waals surface area contributed by atoms with Crippen molar-refractivity contribution in [3.63, 3.8) is 0 Å². The molecule has 0 saturated heterocycles. The van der Waals surface area contributed by atoms with Crippen molar-refractivity contribution in [2.45, 2.75) is 45.1 Å². The molecule has 0 bridgehead atoms. The quantitative estimate of drug-likeness (QED) is 0.583. The number of aliphatic hydroxyl groups excluding tert-OH is 1. The summed E-state index contributed by atoms with van der Waals surface area (Å²) in [7, 11) is 1.95. The number of hydrogen-bond donors (Lipinski definition) is 2. The van der Waals surface area contributed by atoms with Gasteiger partial charge in [0.05, 0.1) is 22.3 Å². The Hall–Kier alpha value is -1.99. The minimum absolute atomic E-state index is 0.00111. The molecule has 1 aliphatic rings. The van der Waals surface area contributed by atoms with E-state index >= 15 is 0 Å². The van der Waals surface area contributed by atoms with Crippen LogP contribution in [0, 0.1) is 23.0 Å². The van der Waals surface area contributed by atoms with E-state index in [0.29, 0.717) is 24.2 Å². The van der Waals surface area contributed by atoms with Gasteiger partial charge in [0.15, 0.2) is 0 Å². The Balaban J connectivity index is 1.82. The average Bonchev–Trinajstić information content (AvgIpc) is 2.57. The normalized spacial score (nSPS) is 20.5. The molecule has 7 nitrogen and oxygen atoms in total. The summed E-state index contributed by atoms with van der Waals surface area (Å²) in [5, 5.41) is 23.7. The summed E-state index contributed by atoms with van der Waals surface area (Å²) in [5.41, 5.74) is 0.935. The first kappa shape index (κ1) is 19.3. The zero-order valence-corrected chi connectivity index (χ0v) is 14.9. The van der Waals surface area contributed by atoms with Crippen molar-refractivity contribution < 1.29 is 14.8 Å². The molecule has 2 unspecified atom stereocenters.